The summed E-state index contributed by atoms with van der Waals surface area (Å²) in [5, 5.41) is 0.954. The van der Waals surface area contributed by atoms with Gasteiger partial charge < -0.3 is 14.2 Å². The van der Waals surface area contributed by atoms with Crippen LogP contribution in [0.2, 0.25) is 0 Å². The van der Waals surface area contributed by atoms with Gasteiger partial charge in [0.15, 0.2) is 0 Å². The van der Waals surface area contributed by atoms with Crippen molar-refractivity contribution in [1.82, 2.24) is 14.5 Å². The number of benzene rings is 1. The SMILES string of the molecule is CS(=O)c1ccc2c(ccn2-c2ccc(OC3CCN(C(=O)C(F)(F)F)CC3)cn2)c1. The summed E-state index contributed by atoms with van der Waals surface area (Å²) in [6, 6.07) is 11.1. The van der Waals surface area contributed by atoms with Crippen LogP contribution in [-0.4, -0.2) is 56.2 Å². The number of pyridine rings is 1. The quantitative estimate of drug-likeness (QED) is 0.607. The maximum Gasteiger partial charge on any atom is 0.471 e. The van der Waals surface area contributed by atoms with E-state index in [1.165, 1.54) is 0 Å². The summed E-state index contributed by atoms with van der Waals surface area (Å²) in [5.41, 5.74) is 0.928. The van der Waals surface area contributed by atoms with Gasteiger partial charge in [0.1, 0.15) is 17.7 Å². The Bertz CT molecular complexity index is 1120. The molecule has 1 unspecified atom stereocenters. The molecule has 3 heterocycles. The molecule has 1 aromatic carbocycles. The van der Waals surface area contributed by atoms with Crippen molar-refractivity contribution in [3.63, 3.8) is 0 Å². The second-order valence-corrected chi connectivity index (χ2v) is 8.70. The molecule has 4 rings (SSSR count). The Hall–Kier alpha value is -2.88. The predicted octanol–water partition coefficient (Wildman–Crippen LogP) is 3.70. The van der Waals surface area contributed by atoms with Gasteiger partial charge in [0.25, 0.3) is 0 Å². The summed E-state index contributed by atoms with van der Waals surface area (Å²) in [6.07, 6.45) is 0.625. The molecule has 6 nitrogen and oxygen atoms in total. The van der Waals surface area contributed by atoms with Crippen LogP contribution in [0.15, 0.2) is 53.7 Å². The van der Waals surface area contributed by atoms with Crippen molar-refractivity contribution in [2.24, 2.45) is 0 Å². The molecule has 0 spiro atoms. The van der Waals surface area contributed by atoms with E-state index in [0.29, 0.717) is 24.4 Å². The molecule has 2 aromatic heterocycles. The average molecular weight is 451 g/mol. The number of carbonyl (C=O) groups is 1. The van der Waals surface area contributed by atoms with Crippen molar-refractivity contribution < 1.29 is 26.9 Å². The molecule has 1 atom stereocenters. The second kappa shape index (κ2) is 8.33. The van der Waals surface area contributed by atoms with Crippen LogP contribution in [-0.2, 0) is 15.6 Å². The first-order valence-electron chi connectivity index (χ1n) is 9.66. The fraction of sp³-hybridized carbons (Fsp3) is 0.333. The number of aromatic nitrogens is 2. The smallest absolute Gasteiger partial charge is 0.471 e. The Morgan fingerprint density at radius 2 is 1.90 bits per heavy atom. The summed E-state index contributed by atoms with van der Waals surface area (Å²) >= 11 is 0. The highest BCUT2D eigenvalue weighted by Crippen LogP contribution is 2.25. The second-order valence-electron chi connectivity index (χ2n) is 7.32. The van der Waals surface area contributed by atoms with Gasteiger partial charge in [0.05, 0.1) is 11.7 Å². The van der Waals surface area contributed by atoms with Crippen molar-refractivity contribution in [2.75, 3.05) is 19.3 Å². The molecule has 10 heteroatoms. The number of likely N-dealkylation sites (tertiary alicyclic amines) is 1. The minimum Gasteiger partial charge on any atom is -0.489 e. The van der Waals surface area contributed by atoms with Gasteiger partial charge in [0.2, 0.25) is 0 Å². The normalized spacial score (nSPS) is 16.5. The van der Waals surface area contributed by atoms with Gasteiger partial charge in [-0.3, -0.25) is 9.00 Å². The average Bonchev–Trinajstić information content (AvgIpc) is 3.17. The number of rotatable bonds is 4. The molecule has 0 radical (unpaired) electrons. The Morgan fingerprint density at radius 3 is 2.52 bits per heavy atom. The van der Waals surface area contributed by atoms with E-state index in [4.69, 9.17) is 4.74 Å². The van der Waals surface area contributed by atoms with Crippen molar-refractivity contribution in [3.05, 3.63) is 48.8 Å². The standard InChI is InChI=1S/C21H20F3N3O3S/c1-31(29)17-3-4-18-14(12-17)6-11-27(18)19-5-2-16(13-25-19)30-15-7-9-26(10-8-15)20(28)21(22,23)24/h2-6,11-13,15H,7-10H2,1H3. The molecule has 0 bridgehead atoms. The highest BCUT2D eigenvalue weighted by atomic mass is 32.2. The summed E-state index contributed by atoms with van der Waals surface area (Å²) in [7, 11) is -1.06. The molecule has 1 fully saturated rings. The first-order chi connectivity index (χ1) is 14.7. The van der Waals surface area contributed by atoms with Crippen LogP contribution < -0.4 is 4.74 Å². The van der Waals surface area contributed by atoms with Crippen LogP contribution in [0.3, 0.4) is 0 Å². The van der Waals surface area contributed by atoms with Crippen molar-refractivity contribution >= 4 is 27.6 Å². The third kappa shape index (κ3) is 4.58. The molecule has 1 aliphatic heterocycles. The van der Waals surface area contributed by atoms with Gasteiger partial charge in [0, 0.05) is 59.5 Å². The maximum atomic E-state index is 12.5. The van der Waals surface area contributed by atoms with E-state index in [2.05, 4.69) is 4.98 Å². The van der Waals surface area contributed by atoms with E-state index in [0.717, 1.165) is 20.7 Å². The molecule has 31 heavy (non-hydrogen) atoms. The maximum absolute atomic E-state index is 12.5. The van der Waals surface area contributed by atoms with Crippen LogP contribution in [0, 0.1) is 0 Å². The van der Waals surface area contributed by atoms with Gasteiger partial charge in [-0.1, -0.05) is 0 Å². The van der Waals surface area contributed by atoms with E-state index in [-0.39, 0.29) is 19.2 Å². The lowest BCUT2D eigenvalue weighted by atomic mass is 10.1. The molecule has 0 saturated carbocycles. The molecule has 3 aromatic rings. The van der Waals surface area contributed by atoms with Crippen molar-refractivity contribution in [2.45, 2.75) is 30.0 Å². The molecule has 0 aliphatic carbocycles. The molecular formula is C21H20F3N3O3S. The zero-order chi connectivity index (χ0) is 22.2. The minimum absolute atomic E-state index is 0.00835. The van der Waals surface area contributed by atoms with Crippen LogP contribution in [0.25, 0.3) is 16.7 Å². The summed E-state index contributed by atoms with van der Waals surface area (Å²) < 4.78 is 57.0. The van der Waals surface area contributed by atoms with Gasteiger partial charge in [-0.2, -0.15) is 13.2 Å². The fourth-order valence-corrected chi connectivity index (χ4v) is 4.18. The van der Waals surface area contributed by atoms with E-state index in [1.54, 1.807) is 24.6 Å². The molecule has 1 aliphatic rings. The number of hydrogen-bond acceptors (Lipinski definition) is 4. The summed E-state index contributed by atoms with van der Waals surface area (Å²) in [4.78, 5) is 17.3. The third-order valence-electron chi connectivity index (χ3n) is 5.24. The van der Waals surface area contributed by atoms with Crippen LogP contribution in [0.5, 0.6) is 5.75 Å². The van der Waals surface area contributed by atoms with Crippen LogP contribution in [0.1, 0.15) is 12.8 Å². The number of ether oxygens (including phenoxy) is 1. The van der Waals surface area contributed by atoms with Gasteiger partial charge >= 0.3 is 12.1 Å². The van der Waals surface area contributed by atoms with Gasteiger partial charge in [-0.15, -0.1) is 0 Å². The summed E-state index contributed by atoms with van der Waals surface area (Å²) in [6.45, 7) is 0.0167. The minimum atomic E-state index is -4.84. The molecule has 0 N–H and O–H groups in total. The molecule has 164 valence electrons. The zero-order valence-corrected chi connectivity index (χ0v) is 17.4. The largest absolute Gasteiger partial charge is 0.489 e. The van der Waals surface area contributed by atoms with Crippen molar-refractivity contribution in [1.29, 1.82) is 0 Å². The predicted molar refractivity (Wildman–Crippen MR) is 110 cm³/mol. The summed E-state index contributed by atoms with van der Waals surface area (Å²) in [5.74, 6) is -0.601. The fourth-order valence-electron chi connectivity index (χ4n) is 3.63. The number of amides is 1. The Kier molecular flexibility index (Phi) is 5.74. The Labute approximate surface area is 179 Å². The molecular weight excluding hydrogens is 431 g/mol. The topological polar surface area (TPSA) is 64.4 Å². The first-order valence-corrected chi connectivity index (χ1v) is 11.2. The van der Waals surface area contributed by atoms with Gasteiger partial charge in [-0.25, -0.2) is 4.98 Å². The van der Waals surface area contributed by atoms with E-state index < -0.39 is 22.9 Å². The third-order valence-corrected chi connectivity index (χ3v) is 6.15. The number of halogens is 3. The number of fused-ring (bicyclic) bond motifs is 1. The van der Waals surface area contributed by atoms with E-state index in [1.807, 2.05) is 35.0 Å². The first kappa shape index (κ1) is 21.4. The number of alkyl halides is 3. The number of hydrogen-bond donors (Lipinski definition) is 0. The van der Waals surface area contributed by atoms with Crippen LogP contribution >= 0.6 is 0 Å². The van der Waals surface area contributed by atoms with Crippen molar-refractivity contribution in [3.8, 4) is 11.6 Å². The lowest BCUT2D eigenvalue weighted by molar-refractivity contribution is -0.187. The lowest BCUT2D eigenvalue weighted by Crippen LogP contribution is -2.47. The van der Waals surface area contributed by atoms with Gasteiger partial charge in [-0.05, 0) is 36.4 Å². The number of piperidine rings is 1. The number of nitrogens with zero attached hydrogens (tertiary/aromatic N) is 3. The highest BCUT2D eigenvalue weighted by molar-refractivity contribution is 7.84. The van der Waals surface area contributed by atoms with E-state index in [9.17, 15) is 22.2 Å². The lowest BCUT2D eigenvalue weighted by Gasteiger charge is -2.32. The number of carbonyl (C=O) groups excluding carboxylic acids is 1. The monoisotopic (exact) mass is 451 g/mol. The zero-order valence-electron chi connectivity index (χ0n) is 16.6. The highest BCUT2D eigenvalue weighted by Gasteiger charge is 2.43. The Balaban J connectivity index is 1.41. The van der Waals surface area contributed by atoms with Crippen LogP contribution in [0.4, 0.5) is 13.2 Å². The van der Waals surface area contributed by atoms with E-state index >= 15 is 0 Å². The molecule has 1 saturated heterocycles. The Morgan fingerprint density at radius 1 is 1.16 bits per heavy atom. The molecule has 1 amide bonds.